The molecule has 1 aromatic carbocycles. The summed E-state index contributed by atoms with van der Waals surface area (Å²) in [6, 6.07) is 4.06. The summed E-state index contributed by atoms with van der Waals surface area (Å²) in [4.78, 5) is 12.0. The highest BCUT2D eigenvalue weighted by molar-refractivity contribution is 9.10. The van der Waals surface area contributed by atoms with Gasteiger partial charge in [-0.2, -0.15) is 13.2 Å². The molecule has 2 rings (SSSR count). The molecule has 2 unspecified atom stereocenters. The van der Waals surface area contributed by atoms with Crippen LogP contribution in [0.1, 0.15) is 25.7 Å². The van der Waals surface area contributed by atoms with Gasteiger partial charge in [0.15, 0.2) is 0 Å². The van der Waals surface area contributed by atoms with Gasteiger partial charge in [-0.05, 0) is 53.4 Å². The Hall–Kier alpha value is -1.11. The average Bonchev–Trinajstić information content (AvgIpc) is 2.42. The van der Waals surface area contributed by atoms with E-state index in [2.05, 4.69) is 21.2 Å². The minimum absolute atomic E-state index is 0.0696. The Labute approximate surface area is 128 Å². The zero-order valence-electron chi connectivity index (χ0n) is 11.0. The Bertz CT molecular complexity index is 532. The number of anilines is 1. The number of nitrogens with one attached hydrogen (secondary N) is 1. The number of rotatable bonds is 2. The number of alkyl halides is 3. The van der Waals surface area contributed by atoms with Crippen molar-refractivity contribution in [2.24, 2.45) is 11.8 Å². The van der Waals surface area contributed by atoms with Crippen LogP contribution >= 0.6 is 15.9 Å². The van der Waals surface area contributed by atoms with Gasteiger partial charge in [-0.25, -0.2) is 4.39 Å². The van der Waals surface area contributed by atoms with Crippen molar-refractivity contribution in [2.75, 3.05) is 5.32 Å². The molecule has 1 amide bonds. The number of carbonyl (C=O) groups is 1. The van der Waals surface area contributed by atoms with Crippen LogP contribution in [0, 0.1) is 17.7 Å². The van der Waals surface area contributed by atoms with E-state index in [1.54, 1.807) is 0 Å². The standard InChI is InChI=1S/C14H14BrF4NO/c15-11-5-4-10(7-12(11)16)20-13(21)8-2-1-3-9(6-8)14(17,18)19/h4-5,7-9H,1-3,6H2,(H,20,21). The molecule has 0 heterocycles. The Morgan fingerprint density at radius 2 is 2.00 bits per heavy atom. The predicted molar refractivity (Wildman–Crippen MR) is 74.2 cm³/mol. The van der Waals surface area contributed by atoms with Crippen LogP contribution in [0.3, 0.4) is 0 Å². The van der Waals surface area contributed by atoms with Gasteiger partial charge in [0.25, 0.3) is 0 Å². The van der Waals surface area contributed by atoms with Crippen LogP contribution in [0.25, 0.3) is 0 Å². The van der Waals surface area contributed by atoms with E-state index in [-0.39, 0.29) is 23.0 Å². The third-order valence-corrected chi connectivity index (χ3v) is 4.34. The van der Waals surface area contributed by atoms with Crippen molar-refractivity contribution in [3.8, 4) is 0 Å². The Morgan fingerprint density at radius 3 is 2.62 bits per heavy atom. The van der Waals surface area contributed by atoms with Crippen LogP contribution in [0.15, 0.2) is 22.7 Å². The number of carbonyl (C=O) groups excluding carboxylic acids is 1. The maximum atomic E-state index is 13.3. The molecule has 2 nitrogen and oxygen atoms in total. The van der Waals surface area contributed by atoms with E-state index in [1.807, 2.05) is 0 Å². The highest BCUT2D eigenvalue weighted by Gasteiger charge is 2.43. The van der Waals surface area contributed by atoms with Gasteiger partial charge in [0.1, 0.15) is 5.82 Å². The van der Waals surface area contributed by atoms with Crippen LogP contribution in [0.2, 0.25) is 0 Å². The van der Waals surface area contributed by atoms with Crippen LogP contribution < -0.4 is 5.32 Å². The van der Waals surface area contributed by atoms with Gasteiger partial charge in [-0.3, -0.25) is 4.79 Å². The average molecular weight is 368 g/mol. The van der Waals surface area contributed by atoms with Gasteiger partial charge in [0.05, 0.1) is 10.4 Å². The molecule has 7 heteroatoms. The summed E-state index contributed by atoms with van der Waals surface area (Å²) in [5, 5.41) is 2.48. The lowest BCUT2D eigenvalue weighted by Gasteiger charge is -2.29. The maximum absolute atomic E-state index is 13.3. The van der Waals surface area contributed by atoms with Crippen molar-refractivity contribution >= 4 is 27.5 Å². The van der Waals surface area contributed by atoms with Gasteiger partial charge in [0.2, 0.25) is 5.91 Å². The van der Waals surface area contributed by atoms with Crippen LogP contribution in [0.4, 0.5) is 23.2 Å². The first-order chi connectivity index (χ1) is 9.77. The second-order valence-corrected chi connectivity index (χ2v) is 6.07. The number of hydrogen-bond acceptors (Lipinski definition) is 1. The SMILES string of the molecule is O=C(Nc1ccc(Br)c(F)c1)C1CCCC(C(F)(F)F)C1. The fraction of sp³-hybridized carbons (Fsp3) is 0.500. The normalized spacial score (nSPS) is 22.9. The Kier molecular flexibility index (Phi) is 4.91. The van der Waals surface area contributed by atoms with Crippen molar-refractivity contribution in [3.63, 3.8) is 0 Å². The van der Waals surface area contributed by atoms with E-state index in [1.165, 1.54) is 12.1 Å². The van der Waals surface area contributed by atoms with Gasteiger partial charge < -0.3 is 5.32 Å². The monoisotopic (exact) mass is 367 g/mol. The van der Waals surface area contributed by atoms with Crippen molar-refractivity contribution in [2.45, 2.75) is 31.9 Å². The molecule has 116 valence electrons. The largest absolute Gasteiger partial charge is 0.391 e. The highest BCUT2D eigenvalue weighted by atomic mass is 79.9. The Morgan fingerprint density at radius 1 is 1.29 bits per heavy atom. The maximum Gasteiger partial charge on any atom is 0.391 e. The molecule has 0 saturated heterocycles. The summed E-state index contributed by atoms with van der Waals surface area (Å²) in [6.45, 7) is 0. The first-order valence-electron chi connectivity index (χ1n) is 6.60. The van der Waals surface area contributed by atoms with Gasteiger partial charge >= 0.3 is 6.18 Å². The highest BCUT2D eigenvalue weighted by Crippen LogP contribution is 2.40. The summed E-state index contributed by atoms with van der Waals surface area (Å²) in [6.07, 6.45) is -3.59. The minimum atomic E-state index is -4.26. The van der Waals surface area contributed by atoms with Crippen LogP contribution in [-0.4, -0.2) is 12.1 Å². The molecule has 1 N–H and O–H groups in total. The van der Waals surface area contributed by atoms with Crippen LogP contribution in [0.5, 0.6) is 0 Å². The summed E-state index contributed by atoms with van der Waals surface area (Å²) in [7, 11) is 0. The summed E-state index contributed by atoms with van der Waals surface area (Å²) in [5.41, 5.74) is 0.245. The quantitative estimate of drug-likeness (QED) is 0.740. The first kappa shape index (κ1) is 16.3. The number of halogens is 5. The molecule has 1 aliphatic rings. The molecule has 0 radical (unpaired) electrons. The topological polar surface area (TPSA) is 29.1 Å². The molecule has 1 fully saturated rings. The van der Waals surface area contributed by atoms with Crippen molar-refractivity contribution in [1.82, 2.24) is 0 Å². The van der Waals surface area contributed by atoms with E-state index < -0.39 is 29.7 Å². The van der Waals surface area contributed by atoms with Crippen LogP contribution in [-0.2, 0) is 4.79 Å². The van der Waals surface area contributed by atoms with Gasteiger partial charge in [0, 0.05) is 11.6 Å². The minimum Gasteiger partial charge on any atom is -0.326 e. The lowest BCUT2D eigenvalue weighted by Crippen LogP contribution is -2.34. The molecular weight excluding hydrogens is 354 g/mol. The second-order valence-electron chi connectivity index (χ2n) is 5.22. The van der Waals surface area contributed by atoms with Crippen molar-refractivity contribution in [1.29, 1.82) is 0 Å². The third-order valence-electron chi connectivity index (χ3n) is 3.70. The lowest BCUT2D eigenvalue weighted by atomic mass is 9.80. The zero-order chi connectivity index (χ0) is 15.6. The Balaban J connectivity index is 2.01. The van der Waals surface area contributed by atoms with E-state index in [0.29, 0.717) is 12.8 Å². The van der Waals surface area contributed by atoms with Gasteiger partial charge in [-0.15, -0.1) is 0 Å². The van der Waals surface area contributed by atoms with Gasteiger partial charge in [-0.1, -0.05) is 6.42 Å². The number of benzene rings is 1. The second kappa shape index (κ2) is 6.34. The number of hydrogen-bond donors (Lipinski definition) is 1. The third kappa shape index (κ3) is 4.18. The molecule has 1 saturated carbocycles. The first-order valence-corrected chi connectivity index (χ1v) is 7.39. The molecular formula is C14H14BrF4NO. The summed E-state index contributed by atoms with van der Waals surface area (Å²) in [5.74, 6) is -3.13. The molecule has 1 aliphatic carbocycles. The van der Waals surface area contributed by atoms with E-state index in [4.69, 9.17) is 0 Å². The molecule has 2 atom stereocenters. The van der Waals surface area contributed by atoms with Crippen molar-refractivity contribution < 1.29 is 22.4 Å². The molecule has 1 aromatic rings. The smallest absolute Gasteiger partial charge is 0.326 e. The number of amides is 1. The zero-order valence-corrected chi connectivity index (χ0v) is 12.6. The molecule has 0 spiro atoms. The fourth-order valence-corrected chi connectivity index (χ4v) is 2.79. The molecule has 0 aliphatic heterocycles. The molecule has 0 bridgehead atoms. The predicted octanol–water partition coefficient (Wildman–Crippen LogP) is 4.90. The fourth-order valence-electron chi connectivity index (χ4n) is 2.54. The molecule has 21 heavy (non-hydrogen) atoms. The van der Waals surface area contributed by atoms with Crippen molar-refractivity contribution in [3.05, 3.63) is 28.5 Å². The van der Waals surface area contributed by atoms with E-state index in [0.717, 1.165) is 6.07 Å². The summed E-state index contributed by atoms with van der Waals surface area (Å²) >= 11 is 2.99. The molecule has 0 aromatic heterocycles. The van der Waals surface area contributed by atoms with E-state index in [9.17, 15) is 22.4 Å². The van der Waals surface area contributed by atoms with E-state index >= 15 is 0 Å². The summed E-state index contributed by atoms with van der Waals surface area (Å²) < 4.78 is 51.8. The lowest BCUT2D eigenvalue weighted by molar-refractivity contribution is -0.185.